The maximum Gasteiger partial charge on any atom is 0.327 e. The van der Waals surface area contributed by atoms with Crippen LogP contribution in [0.1, 0.15) is 13.8 Å². The Morgan fingerprint density at radius 1 is 1.59 bits per heavy atom. The highest BCUT2D eigenvalue weighted by atomic mass is 32.2. The Hall–Kier alpha value is -0.560. The number of hydrogen-bond acceptors (Lipinski definition) is 4. The molecule has 2 amide bonds. The van der Waals surface area contributed by atoms with Gasteiger partial charge in [0.15, 0.2) is 0 Å². The highest BCUT2D eigenvalue weighted by molar-refractivity contribution is 8.00. The summed E-state index contributed by atoms with van der Waals surface area (Å²) in [5, 5.41) is 11.8. The monoisotopic (exact) mass is 278 g/mol. The third-order valence-corrected chi connectivity index (χ3v) is 4.91. The summed E-state index contributed by atoms with van der Waals surface area (Å²) in [7, 11) is 0. The smallest absolute Gasteiger partial charge is 0.327 e. The van der Waals surface area contributed by atoms with Crippen molar-refractivity contribution in [1.29, 1.82) is 0 Å². The van der Waals surface area contributed by atoms with Crippen LogP contribution >= 0.6 is 23.5 Å². The summed E-state index contributed by atoms with van der Waals surface area (Å²) in [6.07, 6.45) is 1.98. The Labute approximate surface area is 110 Å². The molecule has 0 bridgehead atoms. The molecule has 0 aromatic rings. The molecular weight excluding hydrogens is 260 g/mol. The lowest BCUT2D eigenvalue weighted by Crippen LogP contribution is -2.49. The number of urea groups is 1. The molecule has 2 N–H and O–H groups in total. The van der Waals surface area contributed by atoms with E-state index in [2.05, 4.69) is 5.32 Å². The molecule has 1 atom stereocenters. The predicted molar refractivity (Wildman–Crippen MR) is 71.6 cm³/mol. The van der Waals surface area contributed by atoms with Crippen molar-refractivity contribution >= 4 is 35.5 Å². The summed E-state index contributed by atoms with van der Waals surface area (Å²) in [6.45, 7) is 4.59. The third kappa shape index (κ3) is 3.99. The van der Waals surface area contributed by atoms with Crippen molar-refractivity contribution in [3.05, 3.63) is 0 Å². The highest BCUT2D eigenvalue weighted by Crippen LogP contribution is 2.22. The Balaban J connectivity index is 2.50. The molecule has 7 heteroatoms. The second-order valence-corrected chi connectivity index (χ2v) is 6.96. The quantitative estimate of drug-likeness (QED) is 0.811. The van der Waals surface area contributed by atoms with Gasteiger partial charge in [-0.2, -0.15) is 11.8 Å². The van der Waals surface area contributed by atoms with Crippen LogP contribution in [0.2, 0.25) is 0 Å². The summed E-state index contributed by atoms with van der Waals surface area (Å²) in [5.74, 6) is -0.0220. The van der Waals surface area contributed by atoms with Gasteiger partial charge in [0.25, 0.3) is 0 Å². The fourth-order valence-corrected chi connectivity index (χ4v) is 2.67. The van der Waals surface area contributed by atoms with Crippen LogP contribution in [0.25, 0.3) is 0 Å². The van der Waals surface area contributed by atoms with Crippen LogP contribution in [0.4, 0.5) is 4.79 Å². The number of amides is 2. The average Bonchev–Trinajstić information content (AvgIpc) is 2.75. The first-order valence-electron chi connectivity index (χ1n) is 5.27. The van der Waals surface area contributed by atoms with Gasteiger partial charge in [-0.3, -0.25) is 0 Å². The van der Waals surface area contributed by atoms with E-state index in [0.717, 1.165) is 0 Å². The summed E-state index contributed by atoms with van der Waals surface area (Å²) < 4.78 is -0.0404. The number of carbonyl (C=O) groups excluding carboxylic acids is 1. The zero-order chi connectivity index (χ0) is 13.1. The Morgan fingerprint density at radius 2 is 2.24 bits per heavy atom. The first-order chi connectivity index (χ1) is 7.87. The molecule has 1 saturated heterocycles. The van der Waals surface area contributed by atoms with Crippen LogP contribution in [0.15, 0.2) is 0 Å². The van der Waals surface area contributed by atoms with Crippen molar-refractivity contribution in [1.82, 2.24) is 10.2 Å². The normalized spacial score (nSPS) is 20.4. The number of carboxylic acid groups (broad SMARTS) is 1. The predicted octanol–water partition coefficient (Wildman–Crippen LogP) is 1.30. The van der Waals surface area contributed by atoms with Gasteiger partial charge in [0.05, 0.1) is 5.88 Å². The second-order valence-electron chi connectivity index (χ2n) is 4.45. The van der Waals surface area contributed by atoms with Crippen LogP contribution in [0.3, 0.4) is 0 Å². The minimum atomic E-state index is -0.936. The second kappa shape index (κ2) is 5.86. The molecule has 1 heterocycles. The summed E-state index contributed by atoms with van der Waals surface area (Å²) >= 11 is 3.13. The maximum atomic E-state index is 11.9. The van der Waals surface area contributed by atoms with E-state index in [9.17, 15) is 9.59 Å². The van der Waals surface area contributed by atoms with Crippen LogP contribution < -0.4 is 5.32 Å². The first-order valence-corrected chi connectivity index (χ1v) is 7.65. The number of carboxylic acids is 1. The van der Waals surface area contributed by atoms with Gasteiger partial charge in [0, 0.05) is 17.0 Å². The molecule has 1 fully saturated rings. The summed E-state index contributed by atoms with van der Waals surface area (Å²) in [4.78, 5) is 24.2. The number of thioether (sulfide) groups is 2. The molecule has 0 radical (unpaired) electrons. The van der Waals surface area contributed by atoms with Gasteiger partial charge in [-0.05, 0) is 20.1 Å². The zero-order valence-corrected chi connectivity index (χ0v) is 11.9. The molecule has 0 unspecified atom stereocenters. The molecule has 0 aromatic carbocycles. The summed E-state index contributed by atoms with van der Waals surface area (Å²) in [5.41, 5.74) is 0. The van der Waals surface area contributed by atoms with E-state index in [1.807, 2.05) is 20.1 Å². The van der Waals surface area contributed by atoms with Crippen LogP contribution in [-0.4, -0.2) is 57.2 Å². The largest absolute Gasteiger partial charge is 0.480 e. The van der Waals surface area contributed by atoms with Crippen molar-refractivity contribution in [2.45, 2.75) is 24.6 Å². The Morgan fingerprint density at radius 3 is 2.76 bits per heavy atom. The van der Waals surface area contributed by atoms with Crippen LogP contribution in [-0.2, 0) is 4.79 Å². The van der Waals surface area contributed by atoms with Crippen LogP contribution in [0.5, 0.6) is 0 Å². The molecule has 17 heavy (non-hydrogen) atoms. The molecule has 1 aliphatic heterocycles. The number of carbonyl (C=O) groups is 2. The first kappa shape index (κ1) is 14.5. The average molecular weight is 278 g/mol. The van der Waals surface area contributed by atoms with Crippen molar-refractivity contribution in [2.75, 3.05) is 24.4 Å². The van der Waals surface area contributed by atoms with E-state index in [1.54, 1.807) is 11.8 Å². The van der Waals surface area contributed by atoms with E-state index in [-0.39, 0.29) is 10.8 Å². The molecule has 98 valence electrons. The fourth-order valence-electron chi connectivity index (χ4n) is 1.31. The standard InChI is InChI=1S/C10H18N2O3S2/c1-10(2,16-3)5-11-9(15)12-6-17-4-7(12)8(13)14/h7H,4-6H2,1-3H3,(H,11,15)(H,13,14)/t7-/m0/s1. The van der Waals surface area contributed by atoms with Gasteiger partial charge in [0.2, 0.25) is 0 Å². The SMILES string of the molecule is CSC(C)(C)CNC(=O)N1CSC[C@H]1C(=O)O. The number of aliphatic carboxylic acids is 1. The number of rotatable bonds is 4. The lowest BCUT2D eigenvalue weighted by Gasteiger charge is -2.26. The fraction of sp³-hybridized carbons (Fsp3) is 0.800. The van der Waals surface area contributed by atoms with Crippen LogP contribution in [0, 0.1) is 0 Å². The molecular formula is C10H18N2O3S2. The van der Waals surface area contributed by atoms with Crippen molar-refractivity contribution in [3.63, 3.8) is 0 Å². The van der Waals surface area contributed by atoms with Crippen molar-refractivity contribution in [3.8, 4) is 0 Å². The van der Waals surface area contributed by atoms with E-state index < -0.39 is 12.0 Å². The number of nitrogens with zero attached hydrogens (tertiary/aromatic N) is 1. The zero-order valence-electron chi connectivity index (χ0n) is 10.2. The highest BCUT2D eigenvalue weighted by Gasteiger charge is 2.34. The Kier molecular flexibility index (Phi) is 5.00. The van der Waals surface area contributed by atoms with Gasteiger partial charge >= 0.3 is 12.0 Å². The lowest BCUT2D eigenvalue weighted by atomic mass is 10.2. The van der Waals surface area contributed by atoms with Gasteiger partial charge in [0.1, 0.15) is 6.04 Å². The molecule has 0 saturated carbocycles. The lowest BCUT2D eigenvalue weighted by molar-refractivity contribution is -0.140. The molecule has 1 aliphatic rings. The van der Waals surface area contributed by atoms with E-state index in [0.29, 0.717) is 18.2 Å². The van der Waals surface area contributed by atoms with Crippen molar-refractivity contribution < 1.29 is 14.7 Å². The minimum absolute atomic E-state index is 0.0404. The Bertz CT molecular complexity index is 310. The van der Waals surface area contributed by atoms with Gasteiger partial charge < -0.3 is 15.3 Å². The van der Waals surface area contributed by atoms with Gasteiger partial charge in [-0.1, -0.05) is 0 Å². The number of hydrogen-bond donors (Lipinski definition) is 2. The van der Waals surface area contributed by atoms with E-state index in [4.69, 9.17) is 5.11 Å². The van der Waals surface area contributed by atoms with E-state index in [1.165, 1.54) is 16.7 Å². The molecule has 0 aliphatic carbocycles. The van der Waals surface area contributed by atoms with Gasteiger partial charge in [-0.15, -0.1) is 11.8 Å². The molecule has 1 rings (SSSR count). The minimum Gasteiger partial charge on any atom is -0.480 e. The topological polar surface area (TPSA) is 69.6 Å². The molecule has 0 aromatic heterocycles. The number of nitrogens with one attached hydrogen (secondary N) is 1. The maximum absolute atomic E-state index is 11.9. The molecule has 0 spiro atoms. The molecule has 5 nitrogen and oxygen atoms in total. The third-order valence-electron chi connectivity index (χ3n) is 2.65. The summed E-state index contributed by atoms with van der Waals surface area (Å²) in [6, 6.07) is -0.984. The van der Waals surface area contributed by atoms with E-state index >= 15 is 0 Å². The van der Waals surface area contributed by atoms with Gasteiger partial charge in [-0.25, -0.2) is 9.59 Å². The van der Waals surface area contributed by atoms with Crippen molar-refractivity contribution in [2.24, 2.45) is 0 Å².